The second-order valence-electron chi connectivity index (χ2n) is 6.72. The number of hydrogen-bond donors (Lipinski definition) is 0. The van der Waals surface area contributed by atoms with Gasteiger partial charge in [0.2, 0.25) is 8.32 Å². The molecule has 2 nitrogen and oxygen atoms in total. The van der Waals surface area contributed by atoms with E-state index in [4.69, 9.17) is 4.53 Å². The van der Waals surface area contributed by atoms with Crippen molar-refractivity contribution >= 4 is 8.32 Å². The third-order valence-electron chi connectivity index (χ3n) is 3.49. The number of benzene rings is 2. The highest BCUT2D eigenvalue weighted by molar-refractivity contribution is 6.69. The second kappa shape index (κ2) is 8.25. The normalized spacial score (nSPS) is 13.0. The average molecular weight is 326 g/mol. The zero-order chi connectivity index (χ0) is 16.7. The summed E-state index contributed by atoms with van der Waals surface area (Å²) in [5.74, 6) is 0. The molecule has 2 rings (SSSR count). The van der Waals surface area contributed by atoms with Gasteiger partial charge in [-0.15, -0.1) is 6.58 Å². The van der Waals surface area contributed by atoms with Crippen molar-refractivity contribution in [1.29, 1.82) is 0 Å². The van der Waals surface area contributed by atoms with Crippen molar-refractivity contribution in [3.05, 3.63) is 84.4 Å². The maximum Gasteiger partial charge on any atom is 0.212 e. The molecule has 0 radical (unpaired) electrons. The molecule has 0 fully saturated rings. The fourth-order valence-electron chi connectivity index (χ4n) is 2.57. The summed E-state index contributed by atoms with van der Waals surface area (Å²) in [7, 11) is -1.71. The third-order valence-corrected chi connectivity index (χ3v) is 4.28. The van der Waals surface area contributed by atoms with E-state index in [0.29, 0.717) is 0 Å². The minimum absolute atomic E-state index is 0.181. The summed E-state index contributed by atoms with van der Waals surface area (Å²) in [6.45, 7) is 11.4. The van der Waals surface area contributed by atoms with E-state index < -0.39 is 8.32 Å². The predicted octanol–water partition coefficient (Wildman–Crippen LogP) is 5.57. The van der Waals surface area contributed by atoms with Crippen molar-refractivity contribution < 1.29 is 4.53 Å². The second-order valence-corrected chi connectivity index (χ2v) is 11.1. The molecule has 0 spiro atoms. The molecule has 122 valence electrons. The molecule has 2 aromatic rings. The third kappa shape index (κ3) is 5.79. The molecule has 2 aromatic carbocycles. The first-order valence-electron chi connectivity index (χ1n) is 8.15. The first-order chi connectivity index (χ1) is 11.0. The minimum atomic E-state index is -1.71. The van der Waals surface area contributed by atoms with Gasteiger partial charge in [-0.3, -0.25) is 0 Å². The van der Waals surface area contributed by atoms with E-state index in [0.717, 1.165) is 13.0 Å². The van der Waals surface area contributed by atoms with Crippen molar-refractivity contribution in [3.63, 3.8) is 0 Å². The molecule has 0 saturated carbocycles. The Balaban J connectivity index is 2.30. The zero-order valence-corrected chi connectivity index (χ0v) is 15.4. The molecule has 0 heterocycles. The van der Waals surface area contributed by atoms with Crippen LogP contribution in [-0.4, -0.2) is 13.4 Å². The summed E-state index contributed by atoms with van der Waals surface area (Å²) in [6.07, 6.45) is 2.84. The molecule has 1 unspecified atom stereocenters. The summed E-state index contributed by atoms with van der Waals surface area (Å²) >= 11 is 0. The molecule has 0 aromatic heterocycles. The molecule has 0 N–H and O–H groups in total. The zero-order valence-electron chi connectivity index (χ0n) is 14.4. The van der Waals surface area contributed by atoms with Gasteiger partial charge in [0.15, 0.2) is 0 Å². The quantitative estimate of drug-likeness (QED) is 0.357. The van der Waals surface area contributed by atoms with Gasteiger partial charge in [-0.05, 0) is 37.2 Å². The molecule has 0 aliphatic carbocycles. The van der Waals surface area contributed by atoms with E-state index in [9.17, 15) is 0 Å². The lowest BCUT2D eigenvalue weighted by Crippen LogP contribution is -2.39. The lowest BCUT2D eigenvalue weighted by molar-refractivity contribution is -0.115. The van der Waals surface area contributed by atoms with Crippen LogP contribution in [0.2, 0.25) is 19.6 Å². The van der Waals surface area contributed by atoms with Crippen LogP contribution in [-0.2, 0) is 11.1 Å². The lowest BCUT2D eigenvalue weighted by atomic mass is 10.0. The molecule has 0 amide bonds. The Hall–Kier alpha value is -1.68. The molecule has 1 atom stereocenters. The smallest absolute Gasteiger partial charge is 0.212 e. The van der Waals surface area contributed by atoms with Crippen molar-refractivity contribution in [3.8, 4) is 0 Å². The van der Waals surface area contributed by atoms with Gasteiger partial charge in [0, 0.05) is 6.54 Å². The van der Waals surface area contributed by atoms with Crippen molar-refractivity contribution in [1.82, 2.24) is 5.06 Å². The van der Waals surface area contributed by atoms with E-state index >= 15 is 0 Å². The number of hydroxylamine groups is 2. The Morgan fingerprint density at radius 1 is 1.00 bits per heavy atom. The van der Waals surface area contributed by atoms with E-state index in [1.807, 2.05) is 12.1 Å². The molecule has 0 aliphatic rings. The molecular weight excluding hydrogens is 298 g/mol. The standard InChI is InChI=1S/C20H27NOSi/c1-5-12-20(19-15-10-7-11-16-19)21(22-23(2,3)4)17-18-13-8-6-9-14-18/h5-11,13-16,20H,1,12,17H2,2-4H3. The molecule has 23 heavy (non-hydrogen) atoms. The van der Waals surface area contributed by atoms with E-state index in [1.165, 1.54) is 11.1 Å². The molecule has 0 saturated heterocycles. The number of rotatable bonds is 8. The van der Waals surface area contributed by atoms with Gasteiger partial charge in [-0.25, -0.2) is 0 Å². The van der Waals surface area contributed by atoms with Crippen LogP contribution in [0.15, 0.2) is 73.3 Å². The highest BCUT2D eigenvalue weighted by atomic mass is 28.4. The Morgan fingerprint density at radius 2 is 1.57 bits per heavy atom. The van der Waals surface area contributed by atoms with Crippen molar-refractivity contribution in [2.24, 2.45) is 0 Å². The fraction of sp³-hybridized carbons (Fsp3) is 0.300. The number of nitrogens with zero attached hydrogens (tertiary/aromatic N) is 1. The van der Waals surface area contributed by atoms with Gasteiger partial charge in [-0.2, -0.15) is 5.06 Å². The highest BCUT2D eigenvalue weighted by Gasteiger charge is 2.26. The first kappa shape index (κ1) is 17.7. The predicted molar refractivity (Wildman–Crippen MR) is 100 cm³/mol. The van der Waals surface area contributed by atoms with Crippen LogP contribution < -0.4 is 0 Å². The van der Waals surface area contributed by atoms with Gasteiger partial charge in [0.25, 0.3) is 0 Å². The summed E-state index contributed by atoms with van der Waals surface area (Å²) in [6, 6.07) is 21.2. The Bertz CT molecular complexity index is 592. The van der Waals surface area contributed by atoms with Crippen molar-refractivity contribution in [2.45, 2.75) is 38.6 Å². The summed E-state index contributed by atoms with van der Waals surface area (Å²) in [4.78, 5) is 0. The lowest BCUT2D eigenvalue weighted by Gasteiger charge is -2.35. The molecule has 0 aliphatic heterocycles. The summed E-state index contributed by atoms with van der Waals surface area (Å²) < 4.78 is 6.44. The molecular formula is C20H27NOSi. The fourth-order valence-corrected chi connectivity index (χ4v) is 3.47. The van der Waals surface area contributed by atoms with Crippen LogP contribution in [0.4, 0.5) is 0 Å². The van der Waals surface area contributed by atoms with E-state index in [-0.39, 0.29) is 6.04 Å². The van der Waals surface area contributed by atoms with E-state index in [2.05, 4.69) is 85.9 Å². The molecule has 0 bridgehead atoms. The van der Waals surface area contributed by atoms with Gasteiger partial charge < -0.3 is 4.53 Å². The molecule has 3 heteroatoms. The van der Waals surface area contributed by atoms with Crippen LogP contribution in [0.1, 0.15) is 23.6 Å². The summed E-state index contributed by atoms with van der Waals surface area (Å²) in [5, 5.41) is 2.15. The Morgan fingerprint density at radius 3 is 2.09 bits per heavy atom. The minimum Gasteiger partial charge on any atom is -0.342 e. The van der Waals surface area contributed by atoms with Gasteiger partial charge >= 0.3 is 0 Å². The number of hydrogen-bond acceptors (Lipinski definition) is 2. The van der Waals surface area contributed by atoms with Crippen LogP contribution in [0.3, 0.4) is 0 Å². The van der Waals surface area contributed by atoms with Crippen LogP contribution in [0.5, 0.6) is 0 Å². The Kier molecular flexibility index (Phi) is 6.34. The van der Waals surface area contributed by atoms with Crippen LogP contribution in [0.25, 0.3) is 0 Å². The Labute approximate surface area is 141 Å². The maximum absolute atomic E-state index is 6.44. The van der Waals surface area contributed by atoms with Gasteiger partial charge in [0.05, 0.1) is 6.04 Å². The first-order valence-corrected chi connectivity index (χ1v) is 11.6. The van der Waals surface area contributed by atoms with E-state index in [1.54, 1.807) is 0 Å². The van der Waals surface area contributed by atoms with Gasteiger partial charge in [0.1, 0.15) is 0 Å². The highest BCUT2D eigenvalue weighted by Crippen LogP contribution is 2.28. The topological polar surface area (TPSA) is 12.5 Å². The summed E-state index contributed by atoms with van der Waals surface area (Å²) in [5.41, 5.74) is 2.53. The average Bonchev–Trinajstić information content (AvgIpc) is 2.52. The van der Waals surface area contributed by atoms with Crippen molar-refractivity contribution in [2.75, 3.05) is 0 Å². The SMILES string of the molecule is C=CCC(c1ccccc1)N(Cc1ccccc1)O[Si](C)(C)C. The maximum atomic E-state index is 6.44. The van der Waals surface area contributed by atoms with Crippen LogP contribution in [0, 0.1) is 0 Å². The monoisotopic (exact) mass is 325 g/mol. The van der Waals surface area contributed by atoms with Crippen LogP contribution >= 0.6 is 0 Å². The van der Waals surface area contributed by atoms with Gasteiger partial charge in [-0.1, -0.05) is 66.7 Å². The largest absolute Gasteiger partial charge is 0.342 e.